The van der Waals surface area contributed by atoms with E-state index in [0.29, 0.717) is 31.4 Å². The number of aromatic nitrogens is 3. The van der Waals surface area contributed by atoms with Crippen molar-refractivity contribution in [2.24, 2.45) is 10.1 Å². The molecule has 2 aliphatic rings. The summed E-state index contributed by atoms with van der Waals surface area (Å²) in [6, 6.07) is 14.0. The number of hydrogen-bond donors (Lipinski definition) is 1. The minimum Gasteiger partial charge on any atom is -0.378 e. The summed E-state index contributed by atoms with van der Waals surface area (Å²) in [5, 5.41) is 4.34. The number of anilines is 2. The van der Waals surface area contributed by atoms with Gasteiger partial charge in [-0.3, -0.25) is 4.98 Å². The Morgan fingerprint density at radius 3 is 2.81 bits per heavy atom. The van der Waals surface area contributed by atoms with Crippen LogP contribution in [0, 0.1) is 6.92 Å². The predicted octanol–water partition coefficient (Wildman–Crippen LogP) is 3.14. The molecular formula is C23H23N7O. The van der Waals surface area contributed by atoms with Crippen molar-refractivity contribution in [2.45, 2.75) is 13.3 Å². The Morgan fingerprint density at radius 1 is 1.10 bits per heavy atom. The number of rotatable bonds is 5. The highest BCUT2D eigenvalue weighted by Gasteiger charge is 2.27. The first-order chi connectivity index (χ1) is 15.3. The van der Waals surface area contributed by atoms with Crippen molar-refractivity contribution in [3.63, 3.8) is 0 Å². The quantitative estimate of drug-likeness (QED) is 0.511. The van der Waals surface area contributed by atoms with E-state index in [-0.39, 0.29) is 0 Å². The highest BCUT2D eigenvalue weighted by Crippen LogP contribution is 2.34. The fraction of sp³-hybridized carbons (Fsp3) is 0.261. The van der Waals surface area contributed by atoms with Crippen LogP contribution in [0.5, 0.6) is 0 Å². The maximum atomic E-state index is 5.52. The third-order valence-electron chi connectivity index (χ3n) is 5.24. The summed E-state index contributed by atoms with van der Waals surface area (Å²) < 4.78 is 5.52. The number of benzene rings is 1. The summed E-state index contributed by atoms with van der Waals surface area (Å²) in [6.07, 6.45) is 4.20. The monoisotopic (exact) mass is 413 g/mol. The lowest BCUT2D eigenvalue weighted by Crippen LogP contribution is -2.37. The summed E-state index contributed by atoms with van der Waals surface area (Å²) in [5.41, 5.74) is 7.96. The van der Waals surface area contributed by atoms with Crippen molar-refractivity contribution >= 4 is 29.5 Å². The van der Waals surface area contributed by atoms with Crippen LogP contribution < -0.4 is 10.3 Å². The molecule has 31 heavy (non-hydrogen) atoms. The summed E-state index contributed by atoms with van der Waals surface area (Å²) in [6.45, 7) is 4.99. The molecule has 1 N–H and O–H groups in total. The minimum absolute atomic E-state index is 0.426. The molecule has 1 fully saturated rings. The smallest absolute Gasteiger partial charge is 0.247 e. The first-order valence-corrected chi connectivity index (χ1v) is 10.3. The zero-order valence-electron chi connectivity index (χ0n) is 17.3. The third-order valence-corrected chi connectivity index (χ3v) is 5.24. The topological polar surface area (TPSA) is 87.9 Å². The van der Waals surface area contributed by atoms with E-state index >= 15 is 0 Å². The highest BCUT2D eigenvalue weighted by molar-refractivity contribution is 6.05. The molecule has 0 aliphatic carbocycles. The summed E-state index contributed by atoms with van der Waals surface area (Å²) in [4.78, 5) is 20.9. The van der Waals surface area contributed by atoms with Crippen LogP contribution in [-0.4, -0.2) is 53.2 Å². The van der Waals surface area contributed by atoms with Crippen molar-refractivity contribution in [3.8, 4) is 0 Å². The number of nitrogens with zero attached hydrogens (tertiary/aromatic N) is 6. The minimum atomic E-state index is 0.426. The van der Waals surface area contributed by atoms with Gasteiger partial charge in [0.15, 0.2) is 5.82 Å². The largest absolute Gasteiger partial charge is 0.378 e. The Labute approximate surface area is 180 Å². The molecule has 0 amide bonds. The zero-order valence-corrected chi connectivity index (χ0v) is 17.3. The Kier molecular flexibility index (Phi) is 5.37. The molecule has 0 spiro atoms. The van der Waals surface area contributed by atoms with Crippen LogP contribution in [-0.2, 0) is 11.2 Å². The number of morpholine rings is 1. The fourth-order valence-corrected chi connectivity index (χ4v) is 3.73. The van der Waals surface area contributed by atoms with Crippen molar-refractivity contribution < 1.29 is 4.74 Å². The van der Waals surface area contributed by atoms with E-state index < -0.39 is 0 Å². The van der Waals surface area contributed by atoms with Gasteiger partial charge in [0, 0.05) is 31.3 Å². The number of nitrogens with one attached hydrogen (secondary N) is 1. The van der Waals surface area contributed by atoms with Crippen LogP contribution in [0.25, 0.3) is 0 Å². The molecule has 0 bridgehead atoms. The number of ether oxygens (including phenoxy) is 1. The van der Waals surface area contributed by atoms with Gasteiger partial charge in [0.2, 0.25) is 5.95 Å². The van der Waals surface area contributed by atoms with Gasteiger partial charge in [-0.2, -0.15) is 15.1 Å². The number of hydrogen-bond acceptors (Lipinski definition) is 8. The summed E-state index contributed by atoms with van der Waals surface area (Å²) >= 11 is 0. The second kappa shape index (κ2) is 8.61. The van der Waals surface area contributed by atoms with E-state index in [4.69, 9.17) is 14.7 Å². The van der Waals surface area contributed by atoms with Crippen LogP contribution in [0.2, 0.25) is 0 Å². The molecule has 3 aromatic rings. The molecule has 2 aliphatic heterocycles. The van der Waals surface area contributed by atoms with Crippen molar-refractivity contribution in [3.05, 3.63) is 71.0 Å². The first-order valence-electron chi connectivity index (χ1n) is 10.3. The van der Waals surface area contributed by atoms with E-state index in [2.05, 4.69) is 44.5 Å². The second-order valence-electron chi connectivity index (χ2n) is 7.51. The zero-order chi connectivity index (χ0) is 21.0. The van der Waals surface area contributed by atoms with Crippen molar-refractivity contribution in [2.75, 3.05) is 36.6 Å². The van der Waals surface area contributed by atoms with Crippen LogP contribution in [0.1, 0.15) is 22.4 Å². The molecule has 0 unspecified atom stereocenters. The molecule has 2 aromatic heterocycles. The number of fused-ring (bicyclic) bond motifs is 1. The van der Waals surface area contributed by atoms with E-state index in [9.17, 15) is 0 Å². The van der Waals surface area contributed by atoms with Gasteiger partial charge < -0.3 is 9.64 Å². The molecule has 0 saturated carbocycles. The lowest BCUT2D eigenvalue weighted by Gasteiger charge is -2.29. The average molecular weight is 413 g/mol. The number of aryl methyl sites for hydroxylation is 1. The third kappa shape index (κ3) is 4.29. The van der Waals surface area contributed by atoms with E-state index in [1.807, 2.05) is 30.3 Å². The van der Waals surface area contributed by atoms with Gasteiger partial charge in [-0.15, -0.1) is 0 Å². The van der Waals surface area contributed by atoms with Crippen LogP contribution in [0.3, 0.4) is 0 Å². The van der Waals surface area contributed by atoms with Gasteiger partial charge >= 0.3 is 0 Å². The lowest BCUT2D eigenvalue weighted by atomic mass is 10.1. The van der Waals surface area contributed by atoms with Crippen molar-refractivity contribution in [1.29, 1.82) is 0 Å². The molecule has 1 saturated heterocycles. The lowest BCUT2D eigenvalue weighted by molar-refractivity contribution is 0.122. The van der Waals surface area contributed by atoms with Gasteiger partial charge in [-0.05, 0) is 24.6 Å². The van der Waals surface area contributed by atoms with Crippen LogP contribution in [0.15, 0.2) is 58.8 Å². The first kappa shape index (κ1) is 19.3. The average Bonchev–Trinajstić information content (AvgIpc) is 3.24. The fourth-order valence-electron chi connectivity index (χ4n) is 3.73. The predicted molar refractivity (Wildman–Crippen MR) is 122 cm³/mol. The maximum Gasteiger partial charge on any atom is 0.247 e. The van der Waals surface area contributed by atoms with Crippen LogP contribution in [0.4, 0.5) is 17.6 Å². The standard InChI is InChI=1S/C23H23N7O/c1-16-5-4-6-17(13-16)15-25-29-23-27-21-18(22(28-23)30-9-11-31-12-10-30)14-20(26-21)19-7-2-3-8-24-19/h2-8,13,15H,9-12,14H2,1H3,(H,27,28,29)/b25-15+. The molecule has 1 aromatic carbocycles. The van der Waals surface area contributed by atoms with Gasteiger partial charge in [-0.1, -0.05) is 35.9 Å². The van der Waals surface area contributed by atoms with Crippen LogP contribution >= 0.6 is 0 Å². The molecule has 4 heterocycles. The molecule has 5 rings (SSSR count). The van der Waals surface area contributed by atoms with Gasteiger partial charge in [-0.25, -0.2) is 10.4 Å². The van der Waals surface area contributed by atoms with E-state index in [1.165, 1.54) is 5.56 Å². The van der Waals surface area contributed by atoms with E-state index in [0.717, 1.165) is 41.4 Å². The Balaban J connectivity index is 1.45. The number of aliphatic imine (C=N–C) groups is 1. The normalized spacial score (nSPS) is 15.8. The van der Waals surface area contributed by atoms with Gasteiger partial charge in [0.1, 0.15) is 5.82 Å². The highest BCUT2D eigenvalue weighted by atomic mass is 16.5. The Morgan fingerprint density at radius 2 is 2.00 bits per heavy atom. The van der Waals surface area contributed by atoms with Gasteiger partial charge in [0.25, 0.3) is 0 Å². The van der Waals surface area contributed by atoms with Gasteiger partial charge in [0.05, 0.1) is 30.8 Å². The Hall–Kier alpha value is -3.65. The summed E-state index contributed by atoms with van der Waals surface area (Å²) in [7, 11) is 0. The molecular weight excluding hydrogens is 390 g/mol. The SMILES string of the molecule is Cc1cccc(/C=N/Nc2nc3c(c(N4CCOCC4)n2)CC(c2ccccn2)=N3)c1. The number of hydrazone groups is 1. The summed E-state index contributed by atoms with van der Waals surface area (Å²) in [5.74, 6) is 1.98. The maximum absolute atomic E-state index is 5.52. The molecule has 8 nitrogen and oxygen atoms in total. The Bertz CT molecular complexity index is 1140. The van der Waals surface area contributed by atoms with Crippen molar-refractivity contribution in [1.82, 2.24) is 15.0 Å². The molecule has 8 heteroatoms. The molecule has 0 radical (unpaired) electrons. The van der Waals surface area contributed by atoms with E-state index in [1.54, 1.807) is 12.4 Å². The second-order valence-corrected chi connectivity index (χ2v) is 7.51. The number of pyridine rings is 1. The molecule has 156 valence electrons. The molecule has 0 atom stereocenters.